The lowest BCUT2D eigenvalue weighted by Crippen LogP contribution is -1.94. The van der Waals surface area contributed by atoms with Gasteiger partial charge in [0, 0.05) is 0 Å². The summed E-state index contributed by atoms with van der Waals surface area (Å²) in [5, 5.41) is 9.49. The zero-order valence-corrected chi connectivity index (χ0v) is 7.46. The Morgan fingerprint density at radius 2 is 2.08 bits per heavy atom. The van der Waals surface area contributed by atoms with E-state index >= 15 is 0 Å². The smallest absolute Gasteiger partial charge is 0.231 e. The van der Waals surface area contributed by atoms with Crippen molar-refractivity contribution in [2.24, 2.45) is 0 Å². The summed E-state index contributed by atoms with van der Waals surface area (Å²) in [5.74, 6) is 1.54. The Balaban J connectivity index is 2.65. The quantitative estimate of drug-likeness (QED) is 0.713. The van der Waals surface area contributed by atoms with Crippen molar-refractivity contribution in [2.45, 2.75) is 6.92 Å². The van der Waals surface area contributed by atoms with E-state index in [4.69, 9.17) is 14.2 Å². The summed E-state index contributed by atoms with van der Waals surface area (Å²) in [6, 6.07) is 1.59. The van der Waals surface area contributed by atoms with Crippen LogP contribution in [0.25, 0.3) is 0 Å². The summed E-state index contributed by atoms with van der Waals surface area (Å²) < 4.78 is 15.4. The molecular weight excluding hydrogens is 172 g/mol. The van der Waals surface area contributed by atoms with Crippen LogP contribution in [0, 0.1) is 6.92 Å². The molecule has 1 aliphatic heterocycles. The first kappa shape index (κ1) is 8.04. The third kappa shape index (κ3) is 1.06. The van der Waals surface area contributed by atoms with Gasteiger partial charge in [-0.25, -0.2) is 0 Å². The Bertz CT molecular complexity index is 346. The molecule has 0 unspecified atom stereocenters. The van der Waals surface area contributed by atoms with Crippen LogP contribution < -0.4 is 14.2 Å². The number of ether oxygens (including phenoxy) is 3. The lowest BCUT2D eigenvalue weighted by Gasteiger charge is -2.08. The molecule has 0 saturated carbocycles. The van der Waals surface area contributed by atoms with E-state index in [0.717, 1.165) is 5.56 Å². The Kier molecular flexibility index (Phi) is 1.69. The SMILES string of the molecule is COc1c(O)cc(C)c2c1OCO2. The van der Waals surface area contributed by atoms with Crippen LogP contribution in [0.1, 0.15) is 5.56 Å². The molecule has 1 aromatic carbocycles. The molecule has 0 aliphatic carbocycles. The zero-order valence-electron chi connectivity index (χ0n) is 7.46. The molecule has 1 aromatic rings. The largest absolute Gasteiger partial charge is 0.504 e. The van der Waals surface area contributed by atoms with Crippen molar-refractivity contribution in [2.75, 3.05) is 13.9 Å². The summed E-state index contributed by atoms with van der Waals surface area (Å²) in [6.07, 6.45) is 0. The Labute approximate surface area is 75.7 Å². The maximum atomic E-state index is 9.49. The van der Waals surface area contributed by atoms with E-state index in [1.807, 2.05) is 6.92 Å². The maximum absolute atomic E-state index is 9.49. The van der Waals surface area contributed by atoms with Crippen molar-refractivity contribution in [3.8, 4) is 23.0 Å². The van der Waals surface area contributed by atoms with Crippen molar-refractivity contribution in [1.29, 1.82) is 0 Å². The molecule has 0 atom stereocenters. The molecule has 4 heteroatoms. The van der Waals surface area contributed by atoms with E-state index in [1.165, 1.54) is 7.11 Å². The van der Waals surface area contributed by atoms with Gasteiger partial charge in [0.1, 0.15) is 0 Å². The van der Waals surface area contributed by atoms with Crippen molar-refractivity contribution in [3.63, 3.8) is 0 Å². The average molecular weight is 182 g/mol. The first-order chi connectivity index (χ1) is 6.24. The molecule has 0 amide bonds. The predicted molar refractivity (Wildman–Crippen MR) is 45.5 cm³/mol. The summed E-state index contributed by atoms with van der Waals surface area (Å²) in [4.78, 5) is 0. The zero-order chi connectivity index (χ0) is 9.42. The number of benzene rings is 1. The molecule has 70 valence electrons. The van der Waals surface area contributed by atoms with Crippen molar-refractivity contribution in [1.82, 2.24) is 0 Å². The van der Waals surface area contributed by atoms with E-state index < -0.39 is 0 Å². The van der Waals surface area contributed by atoms with E-state index in [0.29, 0.717) is 17.2 Å². The van der Waals surface area contributed by atoms with Gasteiger partial charge in [-0.15, -0.1) is 0 Å². The van der Waals surface area contributed by atoms with Gasteiger partial charge in [0.15, 0.2) is 11.5 Å². The standard InChI is InChI=1S/C9H10O4/c1-5-3-6(10)8(11-2)9-7(5)12-4-13-9/h3,10H,4H2,1-2H3. The third-order valence-electron chi connectivity index (χ3n) is 1.97. The van der Waals surface area contributed by atoms with E-state index in [9.17, 15) is 5.11 Å². The van der Waals surface area contributed by atoms with Gasteiger partial charge in [-0.1, -0.05) is 0 Å². The van der Waals surface area contributed by atoms with Gasteiger partial charge in [0.05, 0.1) is 7.11 Å². The fourth-order valence-corrected chi connectivity index (χ4v) is 1.39. The van der Waals surface area contributed by atoms with Crippen LogP contribution >= 0.6 is 0 Å². The second-order valence-electron chi connectivity index (χ2n) is 2.81. The molecule has 1 aliphatic rings. The highest BCUT2D eigenvalue weighted by molar-refractivity contribution is 5.62. The fourth-order valence-electron chi connectivity index (χ4n) is 1.39. The summed E-state index contributed by atoms with van der Waals surface area (Å²) in [5.41, 5.74) is 0.839. The molecule has 1 heterocycles. The summed E-state index contributed by atoms with van der Waals surface area (Å²) in [7, 11) is 1.48. The number of aryl methyl sites for hydroxylation is 1. The predicted octanol–water partition coefficient (Wildman–Crippen LogP) is 1.44. The number of hydrogen-bond donors (Lipinski definition) is 1. The normalized spacial score (nSPS) is 13.1. The maximum Gasteiger partial charge on any atom is 0.231 e. The van der Waals surface area contributed by atoms with E-state index in [2.05, 4.69) is 0 Å². The van der Waals surface area contributed by atoms with Crippen LogP contribution in [0.4, 0.5) is 0 Å². The Morgan fingerprint density at radius 3 is 2.77 bits per heavy atom. The first-order valence-corrected chi connectivity index (χ1v) is 3.90. The highest BCUT2D eigenvalue weighted by Crippen LogP contribution is 2.48. The number of methoxy groups -OCH3 is 1. The van der Waals surface area contributed by atoms with Gasteiger partial charge in [-0.05, 0) is 18.6 Å². The van der Waals surface area contributed by atoms with Crippen LogP contribution in [-0.2, 0) is 0 Å². The van der Waals surface area contributed by atoms with Crippen LogP contribution in [-0.4, -0.2) is 19.0 Å². The molecule has 0 aromatic heterocycles. The molecule has 13 heavy (non-hydrogen) atoms. The minimum Gasteiger partial charge on any atom is -0.504 e. The minimum atomic E-state index is 0.0734. The summed E-state index contributed by atoms with van der Waals surface area (Å²) >= 11 is 0. The van der Waals surface area contributed by atoms with Crippen LogP contribution in [0.2, 0.25) is 0 Å². The van der Waals surface area contributed by atoms with Gasteiger partial charge in [0.25, 0.3) is 0 Å². The van der Waals surface area contributed by atoms with Crippen LogP contribution in [0.15, 0.2) is 6.07 Å². The molecule has 2 rings (SSSR count). The second-order valence-corrected chi connectivity index (χ2v) is 2.81. The molecule has 4 nitrogen and oxygen atoms in total. The number of phenols is 1. The highest BCUT2D eigenvalue weighted by Gasteiger charge is 2.24. The van der Waals surface area contributed by atoms with Gasteiger partial charge >= 0.3 is 0 Å². The summed E-state index contributed by atoms with van der Waals surface area (Å²) in [6.45, 7) is 2.02. The number of rotatable bonds is 1. The Morgan fingerprint density at radius 1 is 1.38 bits per heavy atom. The molecule has 1 N–H and O–H groups in total. The van der Waals surface area contributed by atoms with Crippen molar-refractivity contribution in [3.05, 3.63) is 11.6 Å². The number of fused-ring (bicyclic) bond motifs is 1. The molecule has 0 radical (unpaired) electrons. The van der Waals surface area contributed by atoms with Gasteiger partial charge in [-0.3, -0.25) is 0 Å². The monoisotopic (exact) mass is 182 g/mol. The molecule has 0 saturated heterocycles. The van der Waals surface area contributed by atoms with Gasteiger partial charge in [-0.2, -0.15) is 0 Å². The highest BCUT2D eigenvalue weighted by atomic mass is 16.7. The molecule has 0 fully saturated rings. The molecule has 0 bridgehead atoms. The fraction of sp³-hybridized carbons (Fsp3) is 0.333. The topological polar surface area (TPSA) is 47.9 Å². The molecular formula is C9H10O4. The number of phenolic OH excluding ortho intramolecular Hbond substituents is 1. The van der Waals surface area contributed by atoms with Crippen LogP contribution in [0.3, 0.4) is 0 Å². The van der Waals surface area contributed by atoms with E-state index in [1.54, 1.807) is 6.07 Å². The van der Waals surface area contributed by atoms with Gasteiger partial charge < -0.3 is 19.3 Å². The Hall–Kier alpha value is -1.58. The van der Waals surface area contributed by atoms with Crippen LogP contribution in [0.5, 0.6) is 23.0 Å². The first-order valence-electron chi connectivity index (χ1n) is 3.90. The minimum absolute atomic E-state index is 0.0734. The third-order valence-corrected chi connectivity index (χ3v) is 1.97. The number of hydrogen-bond acceptors (Lipinski definition) is 4. The molecule has 0 spiro atoms. The second kappa shape index (κ2) is 2.73. The average Bonchev–Trinajstić information content (AvgIpc) is 2.53. The van der Waals surface area contributed by atoms with Crippen molar-refractivity contribution >= 4 is 0 Å². The number of aromatic hydroxyl groups is 1. The van der Waals surface area contributed by atoms with Gasteiger partial charge in [0.2, 0.25) is 18.3 Å². The van der Waals surface area contributed by atoms with E-state index in [-0.39, 0.29) is 12.5 Å². The lowest BCUT2D eigenvalue weighted by atomic mass is 10.2. The lowest BCUT2D eigenvalue weighted by molar-refractivity contribution is 0.170. The van der Waals surface area contributed by atoms with Crippen molar-refractivity contribution < 1.29 is 19.3 Å².